The second-order valence-corrected chi connectivity index (χ2v) is 6.09. The number of anilines is 1. The third-order valence-electron chi connectivity index (χ3n) is 4.75. The van der Waals surface area contributed by atoms with E-state index in [0.29, 0.717) is 6.42 Å². The van der Waals surface area contributed by atoms with Crippen molar-refractivity contribution in [3.8, 4) is 0 Å². The zero-order valence-electron chi connectivity index (χ0n) is 12.1. The van der Waals surface area contributed by atoms with E-state index in [1.54, 1.807) is 4.90 Å². The molecule has 0 saturated carbocycles. The Bertz CT molecular complexity index is 533. The van der Waals surface area contributed by atoms with Crippen LogP contribution in [0.3, 0.4) is 0 Å². The van der Waals surface area contributed by atoms with Crippen LogP contribution in [0.25, 0.3) is 0 Å². The summed E-state index contributed by atoms with van der Waals surface area (Å²) in [6.45, 7) is 2.86. The third kappa shape index (κ3) is 2.13. The zero-order chi connectivity index (χ0) is 14.3. The Morgan fingerprint density at radius 1 is 1.40 bits per heavy atom. The van der Waals surface area contributed by atoms with Crippen LogP contribution in [0.2, 0.25) is 0 Å². The fourth-order valence-corrected chi connectivity index (χ4v) is 3.34. The molecule has 3 rings (SSSR count). The van der Waals surface area contributed by atoms with E-state index >= 15 is 0 Å². The molecule has 20 heavy (non-hydrogen) atoms. The van der Waals surface area contributed by atoms with E-state index in [4.69, 9.17) is 0 Å². The van der Waals surface area contributed by atoms with Gasteiger partial charge < -0.3 is 15.3 Å². The number of benzene rings is 1. The van der Waals surface area contributed by atoms with Gasteiger partial charge in [0.05, 0.1) is 0 Å². The number of fused-ring (bicyclic) bond motifs is 1. The van der Waals surface area contributed by atoms with Crippen LogP contribution in [-0.4, -0.2) is 30.6 Å². The molecule has 0 aromatic heterocycles. The molecule has 1 fully saturated rings. The molecule has 2 heterocycles. The molecule has 0 bridgehead atoms. The van der Waals surface area contributed by atoms with Crippen LogP contribution in [0.5, 0.6) is 0 Å². The van der Waals surface area contributed by atoms with Crippen LogP contribution < -0.4 is 10.2 Å². The molecule has 2 aliphatic heterocycles. The van der Waals surface area contributed by atoms with E-state index in [1.807, 2.05) is 26.1 Å². The summed E-state index contributed by atoms with van der Waals surface area (Å²) in [5, 5.41) is 14.2. The summed E-state index contributed by atoms with van der Waals surface area (Å²) in [6.07, 6.45) is 3.43. The number of aliphatic hydroxyl groups is 1. The molecular formula is C16H22N2O2. The van der Waals surface area contributed by atoms with E-state index in [2.05, 4.69) is 11.4 Å². The monoisotopic (exact) mass is 274 g/mol. The molecule has 4 nitrogen and oxygen atoms in total. The van der Waals surface area contributed by atoms with Crippen molar-refractivity contribution in [3.05, 3.63) is 29.3 Å². The summed E-state index contributed by atoms with van der Waals surface area (Å²) < 4.78 is 0. The number of aryl methyl sites for hydroxylation is 1. The molecule has 2 aliphatic rings. The number of amides is 1. The van der Waals surface area contributed by atoms with Crippen molar-refractivity contribution in [2.24, 2.45) is 0 Å². The SMILES string of the molecule is CN1C(=O)CCc2cc(C(C)(O)C3CCCN3)ccc21. The summed E-state index contributed by atoms with van der Waals surface area (Å²) in [5.41, 5.74) is 2.22. The molecule has 2 atom stereocenters. The molecule has 1 aromatic rings. The van der Waals surface area contributed by atoms with Gasteiger partial charge >= 0.3 is 0 Å². The predicted octanol–water partition coefficient (Wildman–Crippen LogP) is 1.56. The Hall–Kier alpha value is -1.39. The zero-order valence-corrected chi connectivity index (χ0v) is 12.1. The highest BCUT2D eigenvalue weighted by atomic mass is 16.3. The molecule has 2 unspecified atom stereocenters. The van der Waals surface area contributed by atoms with Crippen LogP contribution in [0.1, 0.15) is 37.3 Å². The van der Waals surface area contributed by atoms with Crippen LogP contribution >= 0.6 is 0 Å². The number of rotatable bonds is 2. The van der Waals surface area contributed by atoms with Gasteiger partial charge in [-0.15, -0.1) is 0 Å². The van der Waals surface area contributed by atoms with E-state index in [9.17, 15) is 9.90 Å². The molecular weight excluding hydrogens is 252 g/mol. The molecule has 2 N–H and O–H groups in total. The summed E-state index contributed by atoms with van der Waals surface area (Å²) in [4.78, 5) is 13.4. The van der Waals surface area contributed by atoms with Crippen molar-refractivity contribution < 1.29 is 9.90 Å². The molecule has 0 aliphatic carbocycles. The summed E-state index contributed by atoms with van der Waals surface area (Å²) in [5.74, 6) is 0.162. The Balaban J connectivity index is 1.94. The van der Waals surface area contributed by atoms with Crippen molar-refractivity contribution in [2.45, 2.75) is 44.2 Å². The maximum atomic E-state index is 11.7. The van der Waals surface area contributed by atoms with Gasteiger partial charge in [-0.05, 0) is 49.9 Å². The standard InChI is InChI=1S/C16H22N2O2/c1-16(20,14-4-3-9-17-14)12-6-7-13-11(10-12)5-8-15(19)18(13)2/h6-7,10,14,17,20H,3-5,8-9H2,1-2H3. The molecule has 4 heteroatoms. The maximum absolute atomic E-state index is 11.7. The highest BCUT2D eigenvalue weighted by Gasteiger charge is 2.36. The average Bonchev–Trinajstić information content (AvgIpc) is 2.97. The first-order valence-corrected chi connectivity index (χ1v) is 7.36. The van der Waals surface area contributed by atoms with E-state index in [0.717, 1.165) is 42.6 Å². The van der Waals surface area contributed by atoms with E-state index < -0.39 is 5.60 Å². The van der Waals surface area contributed by atoms with Gasteiger partial charge in [0.2, 0.25) is 5.91 Å². The maximum Gasteiger partial charge on any atom is 0.227 e. The fraction of sp³-hybridized carbons (Fsp3) is 0.562. The summed E-state index contributed by atoms with van der Waals surface area (Å²) in [6, 6.07) is 6.10. The number of hydrogen-bond acceptors (Lipinski definition) is 3. The first-order valence-electron chi connectivity index (χ1n) is 7.36. The number of carbonyl (C=O) groups excluding carboxylic acids is 1. The fourth-order valence-electron chi connectivity index (χ4n) is 3.34. The number of nitrogens with zero attached hydrogens (tertiary/aromatic N) is 1. The summed E-state index contributed by atoms with van der Waals surface area (Å²) >= 11 is 0. The van der Waals surface area contributed by atoms with Gasteiger partial charge in [-0.2, -0.15) is 0 Å². The van der Waals surface area contributed by atoms with Crippen LogP contribution in [0.4, 0.5) is 5.69 Å². The summed E-state index contributed by atoms with van der Waals surface area (Å²) in [7, 11) is 1.82. The lowest BCUT2D eigenvalue weighted by Gasteiger charge is -2.33. The lowest BCUT2D eigenvalue weighted by molar-refractivity contribution is -0.118. The smallest absolute Gasteiger partial charge is 0.227 e. The Kier molecular flexibility index (Phi) is 3.30. The van der Waals surface area contributed by atoms with Gasteiger partial charge in [0.1, 0.15) is 5.60 Å². The molecule has 1 amide bonds. The van der Waals surface area contributed by atoms with Crippen LogP contribution in [0, 0.1) is 0 Å². The Morgan fingerprint density at radius 2 is 2.20 bits per heavy atom. The van der Waals surface area contributed by atoms with Crippen molar-refractivity contribution in [1.82, 2.24) is 5.32 Å². The van der Waals surface area contributed by atoms with Gasteiger partial charge in [0, 0.05) is 25.2 Å². The van der Waals surface area contributed by atoms with Gasteiger partial charge in [-0.3, -0.25) is 4.79 Å². The van der Waals surface area contributed by atoms with Crippen LogP contribution in [0.15, 0.2) is 18.2 Å². The number of nitrogens with one attached hydrogen (secondary N) is 1. The predicted molar refractivity (Wildman–Crippen MR) is 78.8 cm³/mol. The minimum atomic E-state index is -0.856. The normalized spacial score (nSPS) is 25.4. The second kappa shape index (κ2) is 4.86. The van der Waals surface area contributed by atoms with Crippen molar-refractivity contribution in [1.29, 1.82) is 0 Å². The number of carbonyl (C=O) groups is 1. The lowest BCUT2D eigenvalue weighted by Crippen LogP contribution is -2.43. The highest BCUT2D eigenvalue weighted by molar-refractivity contribution is 5.95. The third-order valence-corrected chi connectivity index (χ3v) is 4.75. The number of hydrogen-bond donors (Lipinski definition) is 2. The van der Waals surface area contributed by atoms with Crippen LogP contribution in [-0.2, 0) is 16.8 Å². The van der Waals surface area contributed by atoms with E-state index in [1.165, 1.54) is 0 Å². The Morgan fingerprint density at radius 3 is 2.90 bits per heavy atom. The minimum absolute atomic E-state index is 0.114. The second-order valence-electron chi connectivity index (χ2n) is 6.09. The van der Waals surface area contributed by atoms with Crippen molar-refractivity contribution in [3.63, 3.8) is 0 Å². The molecule has 1 aromatic carbocycles. The highest BCUT2D eigenvalue weighted by Crippen LogP contribution is 2.34. The van der Waals surface area contributed by atoms with Gasteiger partial charge in [-0.25, -0.2) is 0 Å². The van der Waals surface area contributed by atoms with Gasteiger partial charge in [0.25, 0.3) is 0 Å². The quantitative estimate of drug-likeness (QED) is 0.860. The molecule has 108 valence electrons. The van der Waals surface area contributed by atoms with E-state index in [-0.39, 0.29) is 11.9 Å². The largest absolute Gasteiger partial charge is 0.384 e. The first kappa shape index (κ1) is 13.6. The molecule has 1 saturated heterocycles. The lowest BCUT2D eigenvalue weighted by atomic mass is 9.85. The van der Waals surface area contributed by atoms with Gasteiger partial charge in [0.15, 0.2) is 0 Å². The van der Waals surface area contributed by atoms with Crippen molar-refractivity contribution >= 4 is 11.6 Å². The molecule has 0 spiro atoms. The topological polar surface area (TPSA) is 52.6 Å². The minimum Gasteiger partial charge on any atom is -0.384 e. The first-order chi connectivity index (χ1) is 9.50. The van der Waals surface area contributed by atoms with Gasteiger partial charge in [-0.1, -0.05) is 12.1 Å². The Labute approximate surface area is 119 Å². The average molecular weight is 274 g/mol. The van der Waals surface area contributed by atoms with Crippen molar-refractivity contribution in [2.75, 3.05) is 18.5 Å². The molecule has 0 radical (unpaired) electrons.